The molecule has 0 fully saturated rings. The van der Waals surface area contributed by atoms with Crippen LogP contribution in [0.3, 0.4) is 0 Å². The van der Waals surface area contributed by atoms with E-state index in [0.29, 0.717) is 11.1 Å². The highest BCUT2D eigenvalue weighted by Gasteiger charge is 2.30. The second-order valence-electron chi connectivity index (χ2n) is 4.45. The Hall–Kier alpha value is -1.77. The zero-order chi connectivity index (χ0) is 13.3. The molecule has 0 N–H and O–H groups in total. The first-order chi connectivity index (χ1) is 8.36. The molecule has 2 rings (SSSR count). The molecule has 0 saturated carbocycles. The van der Waals surface area contributed by atoms with E-state index in [1.165, 1.54) is 6.07 Å². The van der Waals surface area contributed by atoms with Crippen LogP contribution in [0.5, 0.6) is 0 Å². The van der Waals surface area contributed by atoms with Gasteiger partial charge >= 0.3 is 6.18 Å². The Labute approximate surface area is 104 Å². The summed E-state index contributed by atoms with van der Waals surface area (Å²) in [5.41, 5.74) is 2.50. The van der Waals surface area contributed by atoms with Crippen LogP contribution in [0.25, 0.3) is 11.1 Å². The molecule has 0 nitrogen and oxygen atoms in total. The van der Waals surface area contributed by atoms with Gasteiger partial charge < -0.3 is 0 Å². The first-order valence-corrected chi connectivity index (χ1v) is 5.62. The highest BCUT2D eigenvalue weighted by Crippen LogP contribution is 2.33. The quantitative estimate of drug-likeness (QED) is 0.669. The van der Waals surface area contributed by atoms with Crippen LogP contribution in [0.15, 0.2) is 42.5 Å². The van der Waals surface area contributed by atoms with Gasteiger partial charge in [0.05, 0.1) is 5.56 Å². The molecule has 3 heteroatoms. The van der Waals surface area contributed by atoms with E-state index < -0.39 is 11.7 Å². The predicted octanol–water partition coefficient (Wildman–Crippen LogP) is 4.99. The Bertz CT molecular complexity index is 551. The van der Waals surface area contributed by atoms with Crippen LogP contribution in [0.1, 0.15) is 16.7 Å². The summed E-state index contributed by atoms with van der Waals surface area (Å²) in [5.74, 6) is 0. The minimum Gasteiger partial charge on any atom is -0.166 e. The third kappa shape index (κ3) is 2.73. The van der Waals surface area contributed by atoms with Crippen molar-refractivity contribution in [1.82, 2.24) is 0 Å². The lowest BCUT2D eigenvalue weighted by Gasteiger charge is -2.11. The summed E-state index contributed by atoms with van der Waals surface area (Å²) >= 11 is 0. The molecule has 0 bridgehead atoms. The molecule has 0 aliphatic rings. The number of hydrogen-bond acceptors (Lipinski definition) is 0. The first kappa shape index (κ1) is 12.7. The van der Waals surface area contributed by atoms with Crippen molar-refractivity contribution < 1.29 is 13.2 Å². The van der Waals surface area contributed by atoms with Crippen LogP contribution in [-0.4, -0.2) is 0 Å². The zero-order valence-corrected chi connectivity index (χ0v) is 10.2. The molecule has 0 radical (unpaired) electrons. The molecule has 0 heterocycles. The fourth-order valence-corrected chi connectivity index (χ4v) is 1.86. The summed E-state index contributed by atoms with van der Waals surface area (Å²) in [6.45, 7) is 3.62. The maximum atomic E-state index is 12.7. The summed E-state index contributed by atoms with van der Waals surface area (Å²) in [6.07, 6.45) is -4.30. The molecule has 0 atom stereocenters. The van der Waals surface area contributed by atoms with Crippen LogP contribution in [0.2, 0.25) is 0 Å². The van der Waals surface area contributed by atoms with E-state index in [1.807, 2.05) is 31.2 Å². The van der Waals surface area contributed by atoms with Gasteiger partial charge in [-0.3, -0.25) is 0 Å². The minimum atomic E-state index is -4.30. The number of alkyl halides is 3. The molecule has 18 heavy (non-hydrogen) atoms. The Morgan fingerprint density at radius 2 is 1.33 bits per heavy atom. The van der Waals surface area contributed by atoms with Gasteiger partial charge in [0, 0.05) is 0 Å². The van der Waals surface area contributed by atoms with Gasteiger partial charge in [0.2, 0.25) is 0 Å². The van der Waals surface area contributed by atoms with Gasteiger partial charge in [-0.25, -0.2) is 0 Å². The van der Waals surface area contributed by atoms with Crippen LogP contribution >= 0.6 is 0 Å². The topological polar surface area (TPSA) is 0 Å². The first-order valence-electron chi connectivity index (χ1n) is 5.62. The average Bonchev–Trinajstić information content (AvgIpc) is 2.28. The standard InChI is InChI=1S/C15H13F3/c1-10-3-5-12(6-4-10)13-7-11(2)8-14(9-13)15(16,17)18/h3-9H,1-2H3. The second kappa shape index (κ2) is 4.48. The third-order valence-corrected chi connectivity index (χ3v) is 2.79. The molecule has 2 aromatic rings. The van der Waals surface area contributed by atoms with Crippen molar-refractivity contribution in [2.45, 2.75) is 20.0 Å². The lowest BCUT2D eigenvalue weighted by molar-refractivity contribution is -0.137. The van der Waals surface area contributed by atoms with Crippen molar-refractivity contribution in [3.63, 3.8) is 0 Å². The molecule has 0 unspecified atom stereocenters. The van der Waals surface area contributed by atoms with Gasteiger partial charge in [-0.05, 0) is 42.7 Å². The molecule has 0 amide bonds. The third-order valence-electron chi connectivity index (χ3n) is 2.79. The van der Waals surface area contributed by atoms with Crippen molar-refractivity contribution in [3.8, 4) is 11.1 Å². The Balaban J connectivity index is 2.52. The highest BCUT2D eigenvalue weighted by molar-refractivity contribution is 5.65. The van der Waals surface area contributed by atoms with Crippen molar-refractivity contribution in [2.24, 2.45) is 0 Å². The zero-order valence-electron chi connectivity index (χ0n) is 10.2. The highest BCUT2D eigenvalue weighted by atomic mass is 19.4. The summed E-state index contributed by atoms with van der Waals surface area (Å²) in [6, 6.07) is 11.6. The van der Waals surface area contributed by atoms with Crippen molar-refractivity contribution in [3.05, 3.63) is 59.2 Å². The average molecular weight is 250 g/mol. The lowest BCUT2D eigenvalue weighted by Crippen LogP contribution is -2.05. The van der Waals surface area contributed by atoms with Crippen LogP contribution < -0.4 is 0 Å². The maximum absolute atomic E-state index is 12.7. The van der Waals surface area contributed by atoms with Gasteiger partial charge in [0.1, 0.15) is 0 Å². The minimum absolute atomic E-state index is 0.599. The number of aryl methyl sites for hydroxylation is 2. The van der Waals surface area contributed by atoms with E-state index in [2.05, 4.69) is 0 Å². The molecule has 0 aliphatic carbocycles. The monoisotopic (exact) mass is 250 g/mol. The van der Waals surface area contributed by atoms with E-state index in [0.717, 1.165) is 17.2 Å². The molecule has 0 saturated heterocycles. The number of benzene rings is 2. The van der Waals surface area contributed by atoms with E-state index >= 15 is 0 Å². The van der Waals surface area contributed by atoms with Gasteiger partial charge in [-0.15, -0.1) is 0 Å². The summed E-state index contributed by atoms with van der Waals surface area (Å²) in [5, 5.41) is 0. The van der Waals surface area contributed by atoms with E-state index in [9.17, 15) is 13.2 Å². The Morgan fingerprint density at radius 3 is 1.89 bits per heavy atom. The van der Waals surface area contributed by atoms with Crippen LogP contribution in [0.4, 0.5) is 13.2 Å². The molecule has 2 aromatic carbocycles. The predicted molar refractivity (Wildman–Crippen MR) is 66.4 cm³/mol. The molecule has 0 spiro atoms. The van der Waals surface area contributed by atoms with E-state index in [-0.39, 0.29) is 0 Å². The number of rotatable bonds is 1. The molecule has 0 aromatic heterocycles. The van der Waals surface area contributed by atoms with Gasteiger partial charge in [0.25, 0.3) is 0 Å². The smallest absolute Gasteiger partial charge is 0.166 e. The summed E-state index contributed by atoms with van der Waals surface area (Å²) in [7, 11) is 0. The SMILES string of the molecule is Cc1ccc(-c2cc(C)cc(C(F)(F)F)c2)cc1. The van der Waals surface area contributed by atoms with Crippen molar-refractivity contribution in [2.75, 3.05) is 0 Å². The Morgan fingerprint density at radius 1 is 0.722 bits per heavy atom. The van der Waals surface area contributed by atoms with Crippen LogP contribution in [0, 0.1) is 13.8 Å². The molecule has 0 aliphatic heterocycles. The number of hydrogen-bond donors (Lipinski definition) is 0. The Kier molecular flexibility index (Phi) is 3.16. The maximum Gasteiger partial charge on any atom is 0.416 e. The normalized spacial score (nSPS) is 11.6. The molecule has 94 valence electrons. The molecular weight excluding hydrogens is 237 g/mol. The van der Waals surface area contributed by atoms with Crippen LogP contribution in [-0.2, 0) is 6.18 Å². The largest absolute Gasteiger partial charge is 0.416 e. The van der Waals surface area contributed by atoms with Gasteiger partial charge in [-0.2, -0.15) is 13.2 Å². The van der Waals surface area contributed by atoms with Gasteiger partial charge in [0.15, 0.2) is 0 Å². The lowest BCUT2D eigenvalue weighted by atomic mass is 9.99. The summed E-state index contributed by atoms with van der Waals surface area (Å²) in [4.78, 5) is 0. The fraction of sp³-hybridized carbons (Fsp3) is 0.200. The van der Waals surface area contributed by atoms with E-state index in [4.69, 9.17) is 0 Å². The fourth-order valence-electron chi connectivity index (χ4n) is 1.86. The number of halogens is 3. The summed E-state index contributed by atoms with van der Waals surface area (Å²) < 4.78 is 38.2. The van der Waals surface area contributed by atoms with E-state index in [1.54, 1.807) is 13.0 Å². The second-order valence-corrected chi connectivity index (χ2v) is 4.45. The van der Waals surface area contributed by atoms with Crippen molar-refractivity contribution >= 4 is 0 Å². The molecular formula is C15H13F3. The van der Waals surface area contributed by atoms with Crippen molar-refractivity contribution in [1.29, 1.82) is 0 Å². The van der Waals surface area contributed by atoms with Gasteiger partial charge in [-0.1, -0.05) is 35.9 Å².